The van der Waals surface area contributed by atoms with Crippen molar-refractivity contribution in [3.05, 3.63) is 0 Å². The lowest BCUT2D eigenvalue weighted by Crippen LogP contribution is -2.37. The number of phosphoric ester groups is 1. The summed E-state index contributed by atoms with van der Waals surface area (Å²) in [7, 11) is 1.47. The number of carbonyl (C=O) groups excluding carboxylic acids is 2. The normalized spacial score (nSPS) is 14.3. The highest BCUT2D eigenvalue weighted by Gasteiger charge is 2.26. The van der Waals surface area contributed by atoms with E-state index in [2.05, 4.69) is 6.92 Å². The van der Waals surface area contributed by atoms with Crippen LogP contribution in [0.3, 0.4) is 0 Å². The maximum atomic E-state index is 12.0. The number of carbonyl (C=O) groups is 2. The summed E-state index contributed by atoms with van der Waals surface area (Å²) in [6.07, 6.45) is 15.3. The summed E-state index contributed by atoms with van der Waals surface area (Å²) in [5, 5.41) is 0. The number of nitrogens with zero attached hydrogens (tertiary/aromatic N) is 1. The molecule has 0 rings (SSSR count). The van der Waals surface area contributed by atoms with Crippen LogP contribution in [0.4, 0.5) is 0 Å². The summed E-state index contributed by atoms with van der Waals surface area (Å²) in [4.78, 5) is 33.2. The van der Waals surface area contributed by atoms with Gasteiger partial charge in [0.05, 0.1) is 27.7 Å². The fourth-order valence-electron chi connectivity index (χ4n) is 3.54. The number of rotatable bonds is 24. The number of esters is 2. The molecule has 0 heterocycles. The Bertz CT molecular complexity index is 624. The van der Waals surface area contributed by atoms with Gasteiger partial charge in [-0.3, -0.25) is 18.6 Å². The zero-order valence-electron chi connectivity index (χ0n) is 23.5. The minimum atomic E-state index is -4.31. The quantitative estimate of drug-likeness (QED) is 0.0713. The van der Waals surface area contributed by atoms with E-state index < -0.39 is 26.5 Å². The standard InChI is InChI=1S/C26H52NO8P/c1-6-7-8-9-10-11-12-13-14-15-16-17-18-19-26(29)32-22-25(35-24(2)28)23-34-36(30,31)33-21-20-27(3,4)5/h25H,6-23H2,1-5H3/p+1/t25-/m1/s1. The number of hydrogen-bond acceptors (Lipinski definition) is 7. The van der Waals surface area contributed by atoms with Gasteiger partial charge < -0.3 is 18.9 Å². The molecular weight excluding hydrogens is 485 g/mol. The number of phosphoric acid groups is 1. The van der Waals surface area contributed by atoms with Gasteiger partial charge in [-0.05, 0) is 6.42 Å². The molecule has 0 amide bonds. The molecule has 9 nitrogen and oxygen atoms in total. The molecule has 214 valence electrons. The molecule has 0 saturated carbocycles. The first-order chi connectivity index (χ1) is 16.9. The van der Waals surface area contributed by atoms with Crippen molar-refractivity contribution in [3.63, 3.8) is 0 Å². The third kappa shape index (κ3) is 24.7. The van der Waals surface area contributed by atoms with E-state index in [1.165, 1.54) is 71.1 Å². The predicted molar refractivity (Wildman–Crippen MR) is 141 cm³/mol. The third-order valence-electron chi connectivity index (χ3n) is 5.69. The van der Waals surface area contributed by atoms with Gasteiger partial charge in [0.2, 0.25) is 0 Å². The van der Waals surface area contributed by atoms with Crippen LogP contribution in [-0.4, -0.2) is 74.9 Å². The predicted octanol–water partition coefficient (Wildman–Crippen LogP) is 5.78. The Morgan fingerprint density at radius 1 is 0.806 bits per heavy atom. The van der Waals surface area contributed by atoms with Gasteiger partial charge in [-0.15, -0.1) is 0 Å². The minimum Gasteiger partial charge on any atom is -0.462 e. The van der Waals surface area contributed by atoms with Gasteiger partial charge in [0.25, 0.3) is 0 Å². The van der Waals surface area contributed by atoms with Gasteiger partial charge in [-0.1, -0.05) is 84.0 Å². The summed E-state index contributed by atoms with van der Waals surface area (Å²) in [5.41, 5.74) is 0. The topological polar surface area (TPSA) is 108 Å². The Kier molecular flexibility index (Phi) is 20.4. The molecule has 1 N–H and O–H groups in total. The Hall–Kier alpha value is -0.990. The molecule has 10 heteroatoms. The van der Waals surface area contributed by atoms with E-state index in [1.807, 2.05) is 21.1 Å². The zero-order valence-corrected chi connectivity index (χ0v) is 24.4. The van der Waals surface area contributed by atoms with Crippen molar-refractivity contribution in [1.29, 1.82) is 0 Å². The fraction of sp³-hybridized carbons (Fsp3) is 0.923. The largest absolute Gasteiger partial charge is 0.472 e. The van der Waals surface area contributed by atoms with Crippen molar-refractivity contribution in [3.8, 4) is 0 Å². The van der Waals surface area contributed by atoms with E-state index in [4.69, 9.17) is 18.5 Å². The maximum Gasteiger partial charge on any atom is 0.472 e. The van der Waals surface area contributed by atoms with Crippen LogP contribution in [0.5, 0.6) is 0 Å². The van der Waals surface area contributed by atoms with E-state index in [1.54, 1.807) is 0 Å². The Balaban J connectivity index is 3.95. The second kappa shape index (κ2) is 21.0. The van der Waals surface area contributed by atoms with Crippen molar-refractivity contribution >= 4 is 19.8 Å². The number of ether oxygens (including phenoxy) is 2. The molecule has 0 aliphatic carbocycles. The Labute approximate surface area is 219 Å². The number of unbranched alkanes of at least 4 members (excludes halogenated alkanes) is 12. The molecule has 36 heavy (non-hydrogen) atoms. The molecule has 0 aliphatic rings. The lowest BCUT2D eigenvalue weighted by atomic mass is 10.0. The van der Waals surface area contributed by atoms with Crippen molar-refractivity contribution in [2.75, 3.05) is 47.5 Å². The first-order valence-corrected chi connectivity index (χ1v) is 15.2. The second-order valence-electron chi connectivity index (χ2n) is 10.5. The summed E-state index contributed by atoms with van der Waals surface area (Å²) >= 11 is 0. The molecule has 0 aromatic heterocycles. The van der Waals surface area contributed by atoms with E-state index in [0.717, 1.165) is 19.3 Å². The highest BCUT2D eigenvalue weighted by Crippen LogP contribution is 2.43. The summed E-state index contributed by atoms with van der Waals surface area (Å²) in [6, 6.07) is 0. The molecule has 0 aromatic carbocycles. The van der Waals surface area contributed by atoms with Crippen molar-refractivity contribution in [1.82, 2.24) is 0 Å². The van der Waals surface area contributed by atoms with Crippen LogP contribution in [0.1, 0.15) is 104 Å². The van der Waals surface area contributed by atoms with E-state index in [9.17, 15) is 19.0 Å². The van der Waals surface area contributed by atoms with E-state index >= 15 is 0 Å². The third-order valence-corrected chi connectivity index (χ3v) is 6.67. The number of likely N-dealkylation sites (N-methyl/N-ethyl adjacent to an activating group) is 1. The first-order valence-electron chi connectivity index (χ1n) is 13.7. The van der Waals surface area contributed by atoms with E-state index in [0.29, 0.717) is 11.0 Å². The molecule has 1 unspecified atom stereocenters. The Morgan fingerprint density at radius 2 is 1.31 bits per heavy atom. The highest BCUT2D eigenvalue weighted by atomic mass is 31.2. The summed E-state index contributed by atoms with van der Waals surface area (Å²) in [6.45, 7) is 3.34. The van der Waals surface area contributed by atoms with Crippen molar-refractivity contribution in [2.24, 2.45) is 0 Å². The van der Waals surface area contributed by atoms with Gasteiger partial charge in [0, 0.05) is 13.3 Å². The molecule has 0 bridgehead atoms. The lowest BCUT2D eigenvalue weighted by Gasteiger charge is -2.24. The molecule has 2 atom stereocenters. The molecule has 0 fully saturated rings. The van der Waals surface area contributed by atoms with Crippen LogP contribution in [0.25, 0.3) is 0 Å². The average molecular weight is 539 g/mol. The van der Waals surface area contributed by atoms with Crippen LogP contribution < -0.4 is 0 Å². The van der Waals surface area contributed by atoms with Crippen LogP contribution >= 0.6 is 7.82 Å². The SMILES string of the molecule is CCCCCCCCCCCCCCCC(=O)OC[C@H](COP(=O)(O)OCC[N+](C)(C)C)OC(C)=O. The molecule has 0 aromatic rings. The van der Waals surface area contributed by atoms with Crippen molar-refractivity contribution < 1.29 is 42.1 Å². The molecular formula is C26H53NO8P+. The molecule has 0 aliphatic heterocycles. The van der Waals surface area contributed by atoms with Gasteiger partial charge in [-0.25, -0.2) is 4.57 Å². The molecule has 0 radical (unpaired) electrons. The zero-order chi connectivity index (χ0) is 27.3. The highest BCUT2D eigenvalue weighted by molar-refractivity contribution is 7.47. The van der Waals surface area contributed by atoms with Crippen LogP contribution in [0.2, 0.25) is 0 Å². The first kappa shape index (κ1) is 35.0. The van der Waals surface area contributed by atoms with E-state index in [-0.39, 0.29) is 25.6 Å². The van der Waals surface area contributed by atoms with Crippen LogP contribution in [-0.2, 0) is 32.7 Å². The fourth-order valence-corrected chi connectivity index (χ4v) is 4.28. The number of quaternary nitrogens is 1. The summed E-state index contributed by atoms with van der Waals surface area (Å²) < 4.78 is 32.7. The van der Waals surface area contributed by atoms with Gasteiger partial charge >= 0.3 is 19.8 Å². The molecule has 0 spiro atoms. The second-order valence-corrected chi connectivity index (χ2v) is 12.0. The van der Waals surface area contributed by atoms with Gasteiger partial charge in [0.1, 0.15) is 19.8 Å². The monoisotopic (exact) mass is 538 g/mol. The number of hydrogen-bond donors (Lipinski definition) is 1. The lowest BCUT2D eigenvalue weighted by molar-refractivity contribution is -0.870. The smallest absolute Gasteiger partial charge is 0.462 e. The van der Waals surface area contributed by atoms with Crippen molar-refractivity contribution in [2.45, 2.75) is 110 Å². The van der Waals surface area contributed by atoms with Gasteiger partial charge in [0.15, 0.2) is 6.10 Å². The molecule has 0 saturated heterocycles. The Morgan fingerprint density at radius 3 is 1.78 bits per heavy atom. The maximum absolute atomic E-state index is 12.0. The minimum absolute atomic E-state index is 0.0314. The van der Waals surface area contributed by atoms with Crippen LogP contribution in [0, 0.1) is 0 Å². The van der Waals surface area contributed by atoms with Gasteiger partial charge in [-0.2, -0.15) is 0 Å². The van der Waals surface area contributed by atoms with Crippen LogP contribution in [0.15, 0.2) is 0 Å². The average Bonchev–Trinajstić information content (AvgIpc) is 2.77. The summed E-state index contributed by atoms with van der Waals surface area (Å²) in [5.74, 6) is -0.989.